The topological polar surface area (TPSA) is 90.4 Å². The lowest BCUT2D eigenvalue weighted by atomic mass is 10.3. The third-order valence-electron chi connectivity index (χ3n) is 3.86. The van der Waals surface area contributed by atoms with Gasteiger partial charge in [-0.3, -0.25) is 4.98 Å². The van der Waals surface area contributed by atoms with Gasteiger partial charge in [0.2, 0.25) is 0 Å². The van der Waals surface area contributed by atoms with Gasteiger partial charge in [0, 0.05) is 18.5 Å². The Morgan fingerprint density at radius 3 is 2.93 bits per heavy atom. The molecular formula is C19H17N7O. The summed E-state index contributed by atoms with van der Waals surface area (Å²) in [7, 11) is 0. The summed E-state index contributed by atoms with van der Waals surface area (Å²) in [5, 5.41) is 13.6. The normalized spacial score (nSPS) is 11.3. The van der Waals surface area contributed by atoms with Crippen LogP contribution < -0.4 is 4.74 Å². The van der Waals surface area contributed by atoms with E-state index in [-0.39, 0.29) is 0 Å². The molecule has 0 spiro atoms. The van der Waals surface area contributed by atoms with Crippen LogP contribution in [0.3, 0.4) is 0 Å². The van der Waals surface area contributed by atoms with E-state index in [2.05, 4.69) is 30.3 Å². The molecule has 0 saturated carbocycles. The van der Waals surface area contributed by atoms with Crippen LogP contribution in [-0.4, -0.2) is 31.3 Å². The summed E-state index contributed by atoms with van der Waals surface area (Å²) in [5.41, 5.74) is 2.50. The van der Waals surface area contributed by atoms with E-state index in [0.29, 0.717) is 24.6 Å². The molecule has 1 aromatic carbocycles. The second-order valence-electron chi connectivity index (χ2n) is 5.68. The van der Waals surface area contributed by atoms with Crippen LogP contribution in [-0.2, 0) is 6.54 Å². The summed E-state index contributed by atoms with van der Waals surface area (Å²) in [4.78, 5) is 12.7. The summed E-state index contributed by atoms with van der Waals surface area (Å²) in [6, 6.07) is 11.5. The van der Waals surface area contributed by atoms with Gasteiger partial charge in [-0.15, -0.1) is 5.11 Å². The quantitative estimate of drug-likeness (QED) is 0.487. The number of azo groups is 1. The highest BCUT2D eigenvalue weighted by atomic mass is 16.5. The Hall–Kier alpha value is -3.68. The highest BCUT2D eigenvalue weighted by molar-refractivity contribution is 5.85. The summed E-state index contributed by atoms with van der Waals surface area (Å²) in [6.07, 6.45) is 6.65. The van der Waals surface area contributed by atoms with E-state index in [1.165, 1.54) is 6.33 Å². The maximum Gasteiger partial charge on any atom is 0.188 e. The fraction of sp³-hybridized carbons (Fsp3) is 0.158. The molecule has 4 rings (SSSR count). The Labute approximate surface area is 155 Å². The number of hydrogen-bond acceptors (Lipinski definition) is 7. The molecule has 0 atom stereocenters. The molecular weight excluding hydrogens is 342 g/mol. The van der Waals surface area contributed by atoms with Gasteiger partial charge in [-0.05, 0) is 30.7 Å². The molecule has 0 radical (unpaired) electrons. The van der Waals surface area contributed by atoms with Gasteiger partial charge in [0.15, 0.2) is 11.5 Å². The van der Waals surface area contributed by atoms with Crippen LogP contribution in [0.25, 0.3) is 16.7 Å². The van der Waals surface area contributed by atoms with E-state index >= 15 is 0 Å². The van der Waals surface area contributed by atoms with Crippen molar-refractivity contribution >= 4 is 16.9 Å². The van der Waals surface area contributed by atoms with Crippen molar-refractivity contribution in [1.29, 1.82) is 0 Å². The lowest BCUT2D eigenvalue weighted by molar-refractivity contribution is 0.340. The summed E-state index contributed by atoms with van der Waals surface area (Å²) in [6.45, 7) is 2.99. The molecule has 3 heterocycles. The first-order valence-corrected chi connectivity index (χ1v) is 8.53. The minimum Gasteiger partial charge on any atom is -0.494 e. The first-order chi connectivity index (χ1) is 13.3. The Bertz CT molecular complexity index is 1080. The number of hydrogen-bond donors (Lipinski definition) is 0. The predicted octanol–water partition coefficient (Wildman–Crippen LogP) is 3.89. The zero-order valence-electron chi connectivity index (χ0n) is 14.7. The van der Waals surface area contributed by atoms with Crippen molar-refractivity contribution in [1.82, 2.24) is 24.7 Å². The van der Waals surface area contributed by atoms with Crippen LogP contribution >= 0.6 is 0 Å². The number of fused-ring (bicyclic) bond motifs is 1. The molecule has 0 unspecified atom stereocenters. The fourth-order valence-electron chi connectivity index (χ4n) is 2.65. The monoisotopic (exact) mass is 359 g/mol. The third kappa shape index (κ3) is 3.64. The maximum atomic E-state index is 5.56. The van der Waals surface area contributed by atoms with Crippen LogP contribution in [0.1, 0.15) is 12.5 Å². The largest absolute Gasteiger partial charge is 0.494 e. The molecule has 0 saturated heterocycles. The van der Waals surface area contributed by atoms with Crippen molar-refractivity contribution in [3.63, 3.8) is 0 Å². The average molecular weight is 359 g/mol. The Morgan fingerprint density at radius 1 is 1.11 bits per heavy atom. The summed E-state index contributed by atoms with van der Waals surface area (Å²) in [5.74, 6) is 1.26. The van der Waals surface area contributed by atoms with Crippen molar-refractivity contribution in [2.45, 2.75) is 13.5 Å². The zero-order chi connectivity index (χ0) is 18.5. The van der Waals surface area contributed by atoms with Crippen molar-refractivity contribution < 1.29 is 4.74 Å². The molecule has 4 aromatic rings. The van der Waals surface area contributed by atoms with Gasteiger partial charge in [0.25, 0.3) is 0 Å². The Balaban J connectivity index is 1.64. The van der Waals surface area contributed by atoms with Crippen LogP contribution in [0.2, 0.25) is 0 Å². The minimum absolute atomic E-state index is 0.434. The van der Waals surface area contributed by atoms with Crippen LogP contribution in [0.4, 0.5) is 5.82 Å². The number of ether oxygens (including phenoxy) is 1. The predicted molar refractivity (Wildman–Crippen MR) is 100 cm³/mol. The molecule has 0 N–H and O–H groups in total. The highest BCUT2D eigenvalue weighted by Gasteiger charge is 2.11. The zero-order valence-corrected chi connectivity index (χ0v) is 14.7. The summed E-state index contributed by atoms with van der Waals surface area (Å²) < 4.78 is 7.30. The number of rotatable bonds is 6. The molecule has 0 aliphatic heterocycles. The van der Waals surface area contributed by atoms with Gasteiger partial charge in [-0.2, -0.15) is 10.2 Å². The SMILES string of the molecule is CCOc1cccc(-n2ncc3c(N=NCc4cccnc4)ncnc32)c1. The Kier molecular flexibility index (Phi) is 4.78. The molecule has 8 nitrogen and oxygen atoms in total. The first kappa shape index (κ1) is 16.8. The van der Waals surface area contributed by atoms with E-state index in [0.717, 1.165) is 22.4 Å². The number of pyridine rings is 1. The summed E-state index contributed by atoms with van der Waals surface area (Å²) >= 11 is 0. The first-order valence-electron chi connectivity index (χ1n) is 8.53. The van der Waals surface area contributed by atoms with Gasteiger partial charge < -0.3 is 4.74 Å². The number of nitrogens with zero attached hydrogens (tertiary/aromatic N) is 7. The average Bonchev–Trinajstić information content (AvgIpc) is 3.14. The van der Waals surface area contributed by atoms with Crippen LogP contribution in [0, 0.1) is 0 Å². The van der Waals surface area contributed by atoms with E-state index < -0.39 is 0 Å². The molecule has 3 aromatic heterocycles. The van der Waals surface area contributed by atoms with E-state index in [1.807, 2.05) is 43.3 Å². The second-order valence-corrected chi connectivity index (χ2v) is 5.68. The van der Waals surface area contributed by atoms with E-state index in [9.17, 15) is 0 Å². The van der Waals surface area contributed by atoms with E-state index in [4.69, 9.17) is 4.74 Å². The van der Waals surface area contributed by atoms with Crippen molar-refractivity contribution in [2.24, 2.45) is 10.2 Å². The molecule has 0 aliphatic rings. The molecule has 0 bridgehead atoms. The minimum atomic E-state index is 0.434. The molecule has 8 heteroatoms. The van der Waals surface area contributed by atoms with Gasteiger partial charge in [-0.25, -0.2) is 14.6 Å². The van der Waals surface area contributed by atoms with Gasteiger partial charge in [-0.1, -0.05) is 12.1 Å². The lowest BCUT2D eigenvalue weighted by Crippen LogP contribution is -1.99. The Morgan fingerprint density at radius 2 is 2.07 bits per heavy atom. The van der Waals surface area contributed by atoms with E-state index in [1.54, 1.807) is 23.3 Å². The fourth-order valence-corrected chi connectivity index (χ4v) is 2.65. The van der Waals surface area contributed by atoms with Crippen molar-refractivity contribution in [3.8, 4) is 11.4 Å². The second kappa shape index (κ2) is 7.69. The van der Waals surface area contributed by atoms with Gasteiger partial charge in [0.1, 0.15) is 12.1 Å². The van der Waals surface area contributed by atoms with Crippen molar-refractivity contribution in [3.05, 3.63) is 66.9 Å². The molecule has 0 aliphatic carbocycles. The third-order valence-corrected chi connectivity index (χ3v) is 3.86. The molecule has 0 fully saturated rings. The van der Waals surface area contributed by atoms with Gasteiger partial charge in [0.05, 0.1) is 30.4 Å². The molecule has 27 heavy (non-hydrogen) atoms. The standard InChI is InChI=1S/C19H17N7O/c1-2-27-16-7-3-6-15(9-16)26-19-17(12-24-26)18(21-13-22-19)25-23-11-14-5-4-8-20-10-14/h3-10,12-13H,2,11H2,1H3. The number of benzene rings is 1. The highest BCUT2D eigenvalue weighted by Crippen LogP contribution is 2.25. The van der Waals surface area contributed by atoms with Crippen molar-refractivity contribution in [2.75, 3.05) is 6.61 Å². The smallest absolute Gasteiger partial charge is 0.188 e. The molecule has 134 valence electrons. The van der Waals surface area contributed by atoms with Gasteiger partial charge >= 0.3 is 0 Å². The van der Waals surface area contributed by atoms with Crippen LogP contribution in [0.5, 0.6) is 5.75 Å². The lowest BCUT2D eigenvalue weighted by Gasteiger charge is -2.06. The van der Waals surface area contributed by atoms with Crippen LogP contribution in [0.15, 0.2) is 71.5 Å². The number of aromatic nitrogens is 5. The molecule has 0 amide bonds. The maximum absolute atomic E-state index is 5.56.